The second kappa shape index (κ2) is 3.87. The van der Waals surface area contributed by atoms with Gasteiger partial charge in [-0.25, -0.2) is 4.98 Å². The number of hydrogen-bond donors (Lipinski definition) is 1. The van der Waals surface area contributed by atoms with Gasteiger partial charge < -0.3 is 9.72 Å². The van der Waals surface area contributed by atoms with Crippen molar-refractivity contribution in [3.63, 3.8) is 0 Å². The van der Waals surface area contributed by atoms with E-state index in [1.54, 1.807) is 0 Å². The van der Waals surface area contributed by atoms with Crippen LogP contribution in [0.1, 0.15) is 26.5 Å². The minimum atomic E-state index is -0.389. The van der Waals surface area contributed by atoms with Crippen molar-refractivity contribution in [3.8, 4) is 0 Å². The number of carbonyl (C=O) groups is 1. The maximum absolute atomic E-state index is 11.8. The first-order valence-electron chi connectivity index (χ1n) is 5.63. The number of rotatable bonds is 1. The lowest BCUT2D eigenvalue weighted by molar-refractivity contribution is -0.123. The maximum atomic E-state index is 11.8. The maximum Gasteiger partial charge on any atom is 0.229 e. The molecule has 0 aliphatic heterocycles. The zero-order chi connectivity index (χ0) is 12.6. The van der Waals surface area contributed by atoms with Crippen molar-refractivity contribution in [3.05, 3.63) is 30.2 Å². The third kappa shape index (κ3) is 2.46. The van der Waals surface area contributed by atoms with E-state index in [0.717, 1.165) is 17.0 Å². The SMILES string of the molecule is Cc1cn2cc(NC(=O)C(C)(C)C)ccc2n1. The van der Waals surface area contributed by atoms with Gasteiger partial charge in [-0.2, -0.15) is 0 Å². The quantitative estimate of drug-likeness (QED) is 0.820. The first-order valence-corrected chi connectivity index (χ1v) is 5.63. The lowest BCUT2D eigenvalue weighted by Crippen LogP contribution is -2.27. The van der Waals surface area contributed by atoms with E-state index >= 15 is 0 Å². The molecular weight excluding hydrogens is 214 g/mol. The van der Waals surface area contributed by atoms with Gasteiger partial charge in [-0.3, -0.25) is 4.79 Å². The molecule has 0 bridgehead atoms. The Labute approximate surface area is 101 Å². The van der Waals surface area contributed by atoms with Gasteiger partial charge in [0.05, 0.1) is 11.4 Å². The van der Waals surface area contributed by atoms with Crippen LogP contribution in [0.5, 0.6) is 0 Å². The Kier molecular flexibility index (Phi) is 2.65. The molecule has 1 amide bonds. The Hall–Kier alpha value is -1.84. The number of nitrogens with one attached hydrogen (secondary N) is 1. The predicted molar refractivity (Wildman–Crippen MR) is 68.0 cm³/mol. The first kappa shape index (κ1) is 11.6. The second-order valence-electron chi connectivity index (χ2n) is 5.27. The Morgan fingerprint density at radius 3 is 2.65 bits per heavy atom. The summed E-state index contributed by atoms with van der Waals surface area (Å²) >= 11 is 0. The number of amides is 1. The molecule has 0 unspecified atom stereocenters. The van der Waals surface area contributed by atoms with Gasteiger partial charge in [0.2, 0.25) is 5.91 Å². The molecule has 0 saturated heterocycles. The second-order valence-corrected chi connectivity index (χ2v) is 5.27. The molecule has 2 heterocycles. The van der Waals surface area contributed by atoms with Crippen LogP contribution < -0.4 is 5.32 Å². The Morgan fingerprint density at radius 2 is 2.00 bits per heavy atom. The summed E-state index contributed by atoms with van der Waals surface area (Å²) in [6.07, 6.45) is 3.81. The molecule has 2 rings (SSSR count). The van der Waals surface area contributed by atoms with Crippen LogP contribution in [-0.2, 0) is 4.79 Å². The molecule has 0 radical (unpaired) electrons. The Morgan fingerprint density at radius 1 is 1.29 bits per heavy atom. The molecule has 1 N–H and O–H groups in total. The van der Waals surface area contributed by atoms with E-state index in [1.807, 2.05) is 56.6 Å². The molecule has 0 aliphatic rings. The zero-order valence-electron chi connectivity index (χ0n) is 10.6. The molecule has 0 atom stereocenters. The molecule has 4 heteroatoms. The molecule has 2 aromatic rings. The minimum Gasteiger partial charge on any atom is -0.324 e. The van der Waals surface area contributed by atoms with E-state index < -0.39 is 0 Å². The van der Waals surface area contributed by atoms with Crippen LogP contribution in [0.2, 0.25) is 0 Å². The van der Waals surface area contributed by atoms with Crippen LogP contribution in [0, 0.1) is 12.3 Å². The van der Waals surface area contributed by atoms with Gasteiger partial charge in [0.15, 0.2) is 0 Å². The summed E-state index contributed by atoms with van der Waals surface area (Å²) in [5, 5.41) is 2.90. The fourth-order valence-corrected chi connectivity index (χ4v) is 1.51. The number of nitrogens with zero attached hydrogens (tertiary/aromatic N) is 2. The number of hydrogen-bond acceptors (Lipinski definition) is 2. The van der Waals surface area contributed by atoms with E-state index in [2.05, 4.69) is 10.3 Å². The summed E-state index contributed by atoms with van der Waals surface area (Å²) in [6.45, 7) is 7.62. The molecule has 0 aliphatic carbocycles. The standard InChI is InChI=1S/C13H17N3O/c1-9-7-16-8-10(5-6-11(16)14-9)15-12(17)13(2,3)4/h5-8H,1-4H3,(H,15,17). The highest BCUT2D eigenvalue weighted by Crippen LogP contribution is 2.18. The highest BCUT2D eigenvalue weighted by atomic mass is 16.2. The van der Waals surface area contributed by atoms with Crippen LogP contribution in [0.15, 0.2) is 24.5 Å². The number of anilines is 1. The van der Waals surface area contributed by atoms with Gasteiger partial charge >= 0.3 is 0 Å². The number of aryl methyl sites for hydroxylation is 1. The average Bonchev–Trinajstić information content (AvgIpc) is 2.55. The number of carbonyl (C=O) groups excluding carboxylic acids is 1. The number of pyridine rings is 1. The molecule has 4 nitrogen and oxygen atoms in total. The molecular formula is C13H17N3O. The molecule has 17 heavy (non-hydrogen) atoms. The van der Waals surface area contributed by atoms with E-state index in [-0.39, 0.29) is 11.3 Å². The first-order chi connectivity index (χ1) is 7.86. The van der Waals surface area contributed by atoms with Crippen LogP contribution >= 0.6 is 0 Å². The van der Waals surface area contributed by atoms with E-state index in [9.17, 15) is 4.79 Å². The average molecular weight is 231 g/mol. The van der Waals surface area contributed by atoms with E-state index in [0.29, 0.717) is 0 Å². The number of aromatic nitrogens is 2. The third-order valence-corrected chi connectivity index (χ3v) is 2.51. The number of fused-ring (bicyclic) bond motifs is 1. The molecule has 0 aromatic carbocycles. The highest BCUT2D eigenvalue weighted by molar-refractivity contribution is 5.94. The summed E-state index contributed by atoms with van der Waals surface area (Å²) < 4.78 is 1.91. The highest BCUT2D eigenvalue weighted by Gasteiger charge is 2.21. The lowest BCUT2D eigenvalue weighted by Gasteiger charge is -2.17. The topological polar surface area (TPSA) is 46.4 Å². The smallest absolute Gasteiger partial charge is 0.229 e. The molecule has 0 saturated carbocycles. The zero-order valence-corrected chi connectivity index (χ0v) is 10.6. The van der Waals surface area contributed by atoms with E-state index in [1.165, 1.54) is 0 Å². The summed E-state index contributed by atoms with van der Waals surface area (Å²) in [6, 6.07) is 3.76. The van der Waals surface area contributed by atoms with Crippen molar-refractivity contribution in [1.29, 1.82) is 0 Å². The van der Waals surface area contributed by atoms with Gasteiger partial charge in [0.1, 0.15) is 5.65 Å². The number of imidazole rings is 1. The molecule has 2 aromatic heterocycles. The van der Waals surface area contributed by atoms with Gasteiger partial charge in [-0.1, -0.05) is 20.8 Å². The summed E-state index contributed by atoms with van der Waals surface area (Å²) in [7, 11) is 0. The van der Waals surface area contributed by atoms with Crippen molar-refractivity contribution in [2.45, 2.75) is 27.7 Å². The van der Waals surface area contributed by atoms with Gasteiger partial charge in [0.25, 0.3) is 0 Å². The fraction of sp³-hybridized carbons (Fsp3) is 0.385. The molecule has 0 fully saturated rings. The lowest BCUT2D eigenvalue weighted by atomic mass is 9.96. The predicted octanol–water partition coefficient (Wildman–Crippen LogP) is 2.63. The van der Waals surface area contributed by atoms with Crippen molar-refractivity contribution >= 4 is 17.2 Å². The summed E-state index contributed by atoms with van der Waals surface area (Å²) in [5.41, 5.74) is 2.25. The summed E-state index contributed by atoms with van der Waals surface area (Å²) in [4.78, 5) is 16.2. The molecule has 90 valence electrons. The normalized spacial score (nSPS) is 11.8. The van der Waals surface area contributed by atoms with Crippen LogP contribution in [0.3, 0.4) is 0 Å². The minimum absolute atomic E-state index is 0.00804. The van der Waals surface area contributed by atoms with Crippen molar-refractivity contribution < 1.29 is 4.79 Å². The van der Waals surface area contributed by atoms with Crippen molar-refractivity contribution in [2.24, 2.45) is 5.41 Å². The van der Waals surface area contributed by atoms with Crippen LogP contribution in [0.25, 0.3) is 5.65 Å². The monoisotopic (exact) mass is 231 g/mol. The van der Waals surface area contributed by atoms with Crippen molar-refractivity contribution in [1.82, 2.24) is 9.38 Å². The largest absolute Gasteiger partial charge is 0.324 e. The van der Waals surface area contributed by atoms with Gasteiger partial charge in [0, 0.05) is 17.8 Å². The molecule has 0 spiro atoms. The van der Waals surface area contributed by atoms with E-state index in [4.69, 9.17) is 0 Å². The van der Waals surface area contributed by atoms with Gasteiger partial charge in [-0.05, 0) is 19.1 Å². The fourth-order valence-electron chi connectivity index (χ4n) is 1.51. The third-order valence-electron chi connectivity index (χ3n) is 2.51. The van der Waals surface area contributed by atoms with Crippen LogP contribution in [-0.4, -0.2) is 15.3 Å². The summed E-state index contributed by atoms with van der Waals surface area (Å²) in [5.74, 6) is 0.00804. The van der Waals surface area contributed by atoms with Gasteiger partial charge in [-0.15, -0.1) is 0 Å². The Balaban J connectivity index is 2.28. The Bertz CT molecular complexity index is 564. The van der Waals surface area contributed by atoms with Crippen LogP contribution in [0.4, 0.5) is 5.69 Å². The van der Waals surface area contributed by atoms with Crippen molar-refractivity contribution in [2.75, 3.05) is 5.32 Å².